The Kier molecular flexibility index (Phi) is 9.65. The van der Waals surface area contributed by atoms with Crippen LogP contribution in [0.25, 0.3) is 111 Å². The van der Waals surface area contributed by atoms with Crippen molar-refractivity contribution in [2.24, 2.45) is 0 Å². The first-order chi connectivity index (χ1) is 30.7. The summed E-state index contributed by atoms with van der Waals surface area (Å²) in [6.45, 7) is 0. The maximum Gasteiger partial charge on any atom is -0.00264 e. The van der Waals surface area contributed by atoms with Crippen LogP contribution in [0.2, 0.25) is 0 Å². The van der Waals surface area contributed by atoms with Gasteiger partial charge in [0.2, 0.25) is 0 Å². The van der Waals surface area contributed by atoms with Crippen molar-refractivity contribution in [3.05, 3.63) is 255 Å². The SMILES string of the molecule is c1ccc(-c2cc(-c3ccccc3)cc(-c3ccc(-c4c5ccccc5c(-c5ccc(-c6cc(-c7ccccc7)cc(-c7ccccc7)c6)cc5)c5ccccc45)cc3)c2)cc1. The van der Waals surface area contributed by atoms with Crippen LogP contribution in [0.3, 0.4) is 0 Å². The van der Waals surface area contributed by atoms with Gasteiger partial charge in [0, 0.05) is 0 Å². The van der Waals surface area contributed by atoms with E-state index in [-0.39, 0.29) is 0 Å². The molecule has 11 rings (SSSR count). The molecule has 0 heteroatoms. The van der Waals surface area contributed by atoms with Gasteiger partial charge in [0.1, 0.15) is 0 Å². The van der Waals surface area contributed by atoms with E-state index in [4.69, 9.17) is 0 Å². The highest BCUT2D eigenvalue weighted by molar-refractivity contribution is 6.21. The van der Waals surface area contributed by atoms with Crippen molar-refractivity contribution in [2.45, 2.75) is 0 Å². The largest absolute Gasteiger partial charge is 0.0622 e. The molecule has 0 atom stereocenters. The van der Waals surface area contributed by atoms with Crippen molar-refractivity contribution in [3.63, 3.8) is 0 Å². The molecule has 0 amide bonds. The molecule has 0 aliphatic rings. The molecule has 0 saturated carbocycles. The van der Waals surface area contributed by atoms with Crippen molar-refractivity contribution in [2.75, 3.05) is 0 Å². The van der Waals surface area contributed by atoms with Gasteiger partial charge in [-0.1, -0.05) is 218 Å². The van der Waals surface area contributed by atoms with Gasteiger partial charge >= 0.3 is 0 Å². The zero-order chi connectivity index (χ0) is 41.2. The predicted octanol–water partition coefficient (Wildman–Crippen LogP) is 17.3. The molecule has 0 aliphatic carbocycles. The van der Waals surface area contributed by atoms with Gasteiger partial charge < -0.3 is 0 Å². The standard InChI is InChI=1S/C62H42/c1-5-17-43(18-6-1)51-37-52(44-19-7-2-8-20-44)40-55(39-51)47-29-33-49(34-30-47)61-57-25-13-15-27-59(57)62(60-28-16-14-26-58(60)61)50-35-31-48(32-36-50)56-41-53(45-21-9-3-10-22-45)38-54(42-56)46-23-11-4-12-24-46/h1-42H. The molecule has 11 aromatic carbocycles. The Bertz CT molecular complexity index is 2930. The molecule has 0 fully saturated rings. The van der Waals surface area contributed by atoms with Crippen LogP contribution in [0.5, 0.6) is 0 Å². The molecule has 0 bridgehead atoms. The summed E-state index contributed by atoms with van der Waals surface area (Å²) in [5.41, 5.74) is 19.4. The summed E-state index contributed by atoms with van der Waals surface area (Å²) in [5.74, 6) is 0. The van der Waals surface area contributed by atoms with E-state index in [1.54, 1.807) is 0 Å². The first-order valence-corrected chi connectivity index (χ1v) is 21.4. The molecule has 0 heterocycles. The Hall–Kier alpha value is -8.06. The van der Waals surface area contributed by atoms with Crippen LogP contribution >= 0.6 is 0 Å². The molecule has 0 nitrogen and oxygen atoms in total. The van der Waals surface area contributed by atoms with E-state index in [1.165, 1.54) is 111 Å². The molecule has 0 N–H and O–H groups in total. The molecule has 0 radical (unpaired) electrons. The second-order valence-electron chi connectivity index (χ2n) is 16.1. The van der Waals surface area contributed by atoms with E-state index >= 15 is 0 Å². The van der Waals surface area contributed by atoms with Crippen LogP contribution in [0.1, 0.15) is 0 Å². The second kappa shape index (κ2) is 16.2. The third kappa shape index (κ3) is 7.08. The second-order valence-corrected chi connectivity index (χ2v) is 16.1. The molecular weight excluding hydrogens is 745 g/mol. The van der Waals surface area contributed by atoms with E-state index in [0.717, 1.165) is 0 Å². The monoisotopic (exact) mass is 786 g/mol. The maximum atomic E-state index is 2.32. The van der Waals surface area contributed by atoms with Gasteiger partial charge in [0.05, 0.1) is 0 Å². The van der Waals surface area contributed by atoms with Crippen molar-refractivity contribution >= 4 is 21.5 Å². The van der Waals surface area contributed by atoms with Crippen molar-refractivity contribution in [1.29, 1.82) is 0 Å². The summed E-state index contributed by atoms with van der Waals surface area (Å²) in [7, 11) is 0. The Morgan fingerprint density at radius 1 is 0.129 bits per heavy atom. The van der Waals surface area contributed by atoms with Gasteiger partial charge in [-0.25, -0.2) is 0 Å². The molecular formula is C62H42. The summed E-state index contributed by atoms with van der Waals surface area (Å²) in [5, 5.41) is 4.99. The summed E-state index contributed by atoms with van der Waals surface area (Å²) >= 11 is 0. The van der Waals surface area contributed by atoms with E-state index in [2.05, 4.69) is 255 Å². The lowest BCUT2D eigenvalue weighted by atomic mass is 9.85. The molecule has 0 spiro atoms. The van der Waals surface area contributed by atoms with E-state index in [9.17, 15) is 0 Å². The summed E-state index contributed by atoms with van der Waals surface area (Å²) < 4.78 is 0. The van der Waals surface area contributed by atoms with Gasteiger partial charge in [0.25, 0.3) is 0 Å². The fraction of sp³-hybridized carbons (Fsp3) is 0. The van der Waals surface area contributed by atoms with Crippen LogP contribution in [0.4, 0.5) is 0 Å². The average molecular weight is 787 g/mol. The minimum Gasteiger partial charge on any atom is -0.0622 e. The first-order valence-electron chi connectivity index (χ1n) is 21.4. The van der Waals surface area contributed by atoms with Gasteiger partial charge in [-0.3, -0.25) is 0 Å². The lowest BCUT2D eigenvalue weighted by Gasteiger charge is -2.18. The lowest BCUT2D eigenvalue weighted by molar-refractivity contribution is 1.56. The van der Waals surface area contributed by atoms with Crippen molar-refractivity contribution in [3.8, 4) is 89.0 Å². The van der Waals surface area contributed by atoms with Crippen molar-refractivity contribution in [1.82, 2.24) is 0 Å². The van der Waals surface area contributed by atoms with E-state index < -0.39 is 0 Å². The fourth-order valence-electron chi connectivity index (χ4n) is 9.19. The molecule has 0 unspecified atom stereocenters. The molecule has 290 valence electrons. The highest BCUT2D eigenvalue weighted by Crippen LogP contribution is 2.45. The highest BCUT2D eigenvalue weighted by Gasteiger charge is 2.17. The van der Waals surface area contributed by atoms with Gasteiger partial charge in [-0.05, 0) is 147 Å². The highest BCUT2D eigenvalue weighted by atomic mass is 14.2. The van der Waals surface area contributed by atoms with Crippen LogP contribution in [-0.2, 0) is 0 Å². The van der Waals surface area contributed by atoms with Crippen LogP contribution in [0.15, 0.2) is 255 Å². The molecule has 62 heavy (non-hydrogen) atoms. The molecule has 11 aromatic rings. The zero-order valence-electron chi connectivity index (χ0n) is 34.2. The zero-order valence-corrected chi connectivity index (χ0v) is 34.2. The van der Waals surface area contributed by atoms with Crippen molar-refractivity contribution < 1.29 is 0 Å². The minimum absolute atomic E-state index is 1.19. The van der Waals surface area contributed by atoms with Gasteiger partial charge in [0.15, 0.2) is 0 Å². The third-order valence-corrected chi connectivity index (χ3v) is 12.2. The summed E-state index contributed by atoms with van der Waals surface area (Å²) in [6.07, 6.45) is 0. The number of rotatable bonds is 8. The maximum absolute atomic E-state index is 2.32. The Morgan fingerprint density at radius 3 is 0.532 bits per heavy atom. The third-order valence-electron chi connectivity index (χ3n) is 12.2. The summed E-state index contributed by atoms with van der Waals surface area (Å²) in [4.78, 5) is 0. The Morgan fingerprint density at radius 2 is 0.306 bits per heavy atom. The Balaban J connectivity index is 0.999. The number of fused-ring (bicyclic) bond motifs is 2. The minimum atomic E-state index is 1.19. The molecule has 0 aromatic heterocycles. The van der Waals surface area contributed by atoms with Crippen LogP contribution < -0.4 is 0 Å². The van der Waals surface area contributed by atoms with Gasteiger partial charge in [-0.2, -0.15) is 0 Å². The lowest BCUT2D eigenvalue weighted by Crippen LogP contribution is -1.91. The smallest absolute Gasteiger partial charge is 0.00264 e. The number of hydrogen-bond acceptors (Lipinski definition) is 0. The average Bonchev–Trinajstić information content (AvgIpc) is 3.36. The van der Waals surface area contributed by atoms with Gasteiger partial charge in [-0.15, -0.1) is 0 Å². The van der Waals surface area contributed by atoms with Crippen LogP contribution in [0, 0.1) is 0 Å². The quantitative estimate of drug-likeness (QED) is 0.135. The van der Waals surface area contributed by atoms with Crippen LogP contribution in [-0.4, -0.2) is 0 Å². The van der Waals surface area contributed by atoms with E-state index in [1.807, 2.05) is 0 Å². The van der Waals surface area contributed by atoms with E-state index in [0.29, 0.717) is 0 Å². The summed E-state index contributed by atoms with van der Waals surface area (Å²) in [6, 6.07) is 92.9. The molecule has 0 aliphatic heterocycles. The molecule has 0 saturated heterocycles. The first kappa shape index (κ1) is 37.0. The fourth-order valence-corrected chi connectivity index (χ4v) is 9.19. The number of benzene rings is 11. The normalized spacial score (nSPS) is 11.2. The predicted molar refractivity (Wildman–Crippen MR) is 265 cm³/mol. The topological polar surface area (TPSA) is 0 Å². The number of hydrogen-bond donors (Lipinski definition) is 0. The Labute approximate surface area is 363 Å².